The van der Waals surface area contributed by atoms with Crippen molar-refractivity contribution in [3.05, 3.63) is 53.5 Å². The molecular formula is C20H27NO4S. The van der Waals surface area contributed by atoms with E-state index in [-0.39, 0.29) is 12.5 Å². The number of carboxylic acids is 1. The summed E-state index contributed by atoms with van der Waals surface area (Å²) in [4.78, 5) is 10.5. The molecule has 0 aromatic heterocycles. The molecule has 142 valence electrons. The van der Waals surface area contributed by atoms with Crippen molar-refractivity contribution in [2.75, 3.05) is 0 Å². The van der Waals surface area contributed by atoms with Crippen molar-refractivity contribution in [1.82, 2.24) is 4.72 Å². The molecule has 0 aliphatic heterocycles. The molecule has 5 nitrogen and oxygen atoms in total. The van der Waals surface area contributed by atoms with Crippen LogP contribution in [-0.4, -0.2) is 25.5 Å². The van der Waals surface area contributed by atoms with E-state index >= 15 is 0 Å². The summed E-state index contributed by atoms with van der Waals surface area (Å²) in [6.07, 6.45) is 10.9. The number of nitrogens with one attached hydrogen (secondary N) is 1. The van der Waals surface area contributed by atoms with Crippen LogP contribution in [-0.2, 0) is 14.8 Å². The maximum Gasteiger partial charge on any atom is 0.303 e. The van der Waals surface area contributed by atoms with Crippen molar-refractivity contribution in [2.45, 2.75) is 51.0 Å². The third kappa shape index (κ3) is 7.54. The Balaban J connectivity index is 1.82. The van der Waals surface area contributed by atoms with Gasteiger partial charge in [-0.05, 0) is 49.7 Å². The van der Waals surface area contributed by atoms with Gasteiger partial charge in [-0.1, -0.05) is 48.9 Å². The lowest BCUT2D eigenvalue weighted by Crippen LogP contribution is -2.36. The Morgan fingerprint density at radius 3 is 2.69 bits per heavy atom. The number of unbranched alkanes of at least 4 members (excludes halogenated alkanes) is 1. The summed E-state index contributed by atoms with van der Waals surface area (Å²) in [5.74, 6) is -0.474. The fourth-order valence-corrected chi connectivity index (χ4v) is 4.36. The average molecular weight is 378 g/mol. The monoisotopic (exact) mass is 377 g/mol. The Morgan fingerprint density at radius 1 is 1.19 bits per heavy atom. The Morgan fingerprint density at radius 2 is 1.96 bits per heavy atom. The van der Waals surface area contributed by atoms with Crippen LogP contribution in [0.3, 0.4) is 0 Å². The van der Waals surface area contributed by atoms with Crippen LogP contribution >= 0.6 is 0 Å². The van der Waals surface area contributed by atoms with E-state index < -0.39 is 16.0 Å². The first-order valence-electron chi connectivity index (χ1n) is 9.08. The lowest BCUT2D eigenvalue weighted by atomic mass is 10.00. The molecule has 0 heterocycles. The van der Waals surface area contributed by atoms with E-state index in [1.54, 1.807) is 6.08 Å². The zero-order valence-electron chi connectivity index (χ0n) is 14.9. The number of allylic oxidation sites excluding steroid dienone is 2. The van der Waals surface area contributed by atoms with Crippen LogP contribution in [0.25, 0.3) is 6.08 Å². The Hall–Kier alpha value is -1.92. The normalized spacial score (nSPS) is 20.9. The van der Waals surface area contributed by atoms with Gasteiger partial charge in [0.15, 0.2) is 0 Å². The molecule has 1 aliphatic rings. The molecule has 1 aromatic rings. The van der Waals surface area contributed by atoms with Crippen molar-refractivity contribution in [1.29, 1.82) is 0 Å². The molecule has 2 rings (SSSR count). The van der Waals surface area contributed by atoms with Crippen molar-refractivity contribution in [3.8, 4) is 0 Å². The molecule has 1 aliphatic carbocycles. The third-order valence-corrected chi connectivity index (χ3v) is 5.71. The highest BCUT2D eigenvalue weighted by Crippen LogP contribution is 2.29. The van der Waals surface area contributed by atoms with Gasteiger partial charge in [-0.15, -0.1) is 0 Å². The molecule has 6 heteroatoms. The van der Waals surface area contributed by atoms with Crippen molar-refractivity contribution in [3.63, 3.8) is 0 Å². The molecule has 1 saturated carbocycles. The molecule has 0 bridgehead atoms. The van der Waals surface area contributed by atoms with Gasteiger partial charge in [0.2, 0.25) is 10.0 Å². The second-order valence-electron chi connectivity index (χ2n) is 6.67. The summed E-state index contributed by atoms with van der Waals surface area (Å²) in [7, 11) is -3.46. The van der Waals surface area contributed by atoms with Gasteiger partial charge in [0.25, 0.3) is 0 Å². The van der Waals surface area contributed by atoms with Crippen LogP contribution in [0.1, 0.15) is 50.5 Å². The molecule has 2 N–H and O–H groups in total. The fraction of sp³-hybridized carbons (Fsp3) is 0.450. The number of aliphatic carboxylic acids is 1. The molecule has 26 heavy (non-hydrogen) atoms. The Bertz CT molecular complexity index is 725. The van der Waals surface area contributed by atoms with Gasteiger partial charge in [0, 0.05) is 17.9 Å². The SMILES string of the molecule is O=C(O)CCCC=CCC1CCCC1NS(=O)(=O)C=Cc1ccccc1. The van der Waals surface area contributed by atoms with Gasteiger partial charge >= 0.3 is 5.97 Å². The third-order valence-electron chi connectivity index (χ3n) is 4.58. The minimum absolute atomic E-state index is 0.0379. The summed E-state index contributed by atoms with van der Waals surface area (Å²) in [5, 5.41) is 9.84. The topological polar surface area (TPSA) is 83.5 Å². The van der Waals surface area contributed by atoms with E-state index in [0.29, 0.717) is 12.3 Å². The standard InChI is InChI=1S/C20H27NO4S/c22-20(23)14-7-2-1-6-11-18-12-8-13-19(18)21-26(24,25)16-15-17-9-4-3-5-10-17/h1,3-6,9-10,15-16,18-19,21H,2,7-8,11-14H2,(H,22,23). The molecular weight excluding hydrogens is 350 g/mol. The first kappa shape index (κ1) is 20.4. The molecule has 1 aromatic carbocycles. The van der Waals surface area contributed by atoms with Crippen LogP contribution in [0.5, 0.6) is 0 Å². The minimum atomic E-state index is -3.46. The maximum absolute atomic E-state index is 12.3. The highest BCUT2D eigenvalue weighted by molar-refractivity contribution is 7.92. The largest absolute Gasteiger partial charge is 0.481 e. The van der Waals surface area contributed by atoms with Crippen LogP contribution in [0, 0.1) is 5.92 Å². The van der Waals surface area contributed by atoms with Crippen molar-refractivity contribution >= 4 is 22.1 Å². The van der Waals surface area contributed by atoms with E-state index in [0.717, 1.165) is 37.7 Å². The van der Waals surface area contributed by atoms with Crippen LogP contribution in [0.4, 0.5) is 0 Å². The average Bonchev–Trinajstić information content (AvgIpc) is 3.03. The summed E-state index contributed by atoms with van der Waals surface area (Å²) in [5.41, 5.74) is 0.852. The number of hydrogen-bond acceptors (Lipinski definition) is 3. The smallest absolute Gasteiger partial charge is 0.303 e. The van der Waals surface area contributed by atoms with Gasteiger partial charge in [0.1, 0.15) is 0 Å². The molecule has 0 spiro atoms. The molecule has 1 fully saturated rings. The van der Waals surface area contributed by atoms with E-state index in [1.807, 2.05) is 36.4 Å². The quantitative estimate of drug-likeness (QED) is 0.478. The summed E-state index contributed by atoms with van der Waals surface area (Å²) >= 11 is 0. The zero-order chi connectivity index (χ0) is 18.8. The van der Waals surface area contributed by atoms with Crippen LogP contribution in [0.15, 0.2) is 47.9 Å². The van der Waals surface area contributed by atoms with Crippen LogP contribution < -0.4 is 4.72 Å². The van der Waals surface area contributed by atoms with Gasteiger partial charge in [0.05, 0.1) is 0 Å². The molecule has 2 atom stereocenters. The highest BCUT2D eigenvalue weighted by Gasteiger charge is 2.28. The first-order valence-corrected chi connectivity index (χ1v) is 10.6. The predicted octanol–water partition coefficient (Wildman–Crippen LogP) is 3.95. The first-order chi connectivity index (χ1) is 12.5. The molecule has 2 unspecified atom stereocenters. The number of sulfonamides is 1. The van der Waals surface area contributed by atoms with Crippen molar-refractivity contribution < 1.29 is 18.3 Å². The lowest BCUT2D eigenvalue weighted by molar-refractivity contribution is -0.137. The van der Waals surface area contributed by atoms with E-state index in [9.17, 15) is 13.2 Å². The number of carboxylic acid groups (broad SMARTS) is 1. The number of benzene rings is 1. The Labute approximate surface area is 155 Å². The highest BCUT2D eigenvalue weighted by atomic mass is 32.2. The van der Waals surface area contributed by atoms with Gasteiger partial charge in [-0.2, -0.15) is 0 Å². The second-order valence-corrected chi connectivity index (χ2v) is 8.26. The minimum Gasteiger partial charge on any atom is -0.481 e. The molecule has 0 amide bonds. The maximum atomic E-state index is 12.3. The number of carbonyl (C=O) groups is 1. The zero-order valence-corrected chi connectivity index (χ0v) is 15.7. The second kappa shape index (κ2) is 10.3. The van der Waals surface area contributed by atoms with Gasteiger partial charge in [-0.3, -0.25) is 4.79 Å². The van der Waals surface area contributed by atoms with Gasteiger partial charge < -0.3 is 5.11 Å². The molecule has 0 radical (unpaired) electrons. The van der Waals surface area contributed by atoms with E-state index in [4.69, 9.17) is 5.11 Å². The van der Waals surface area contributed by atoms with E-state index in [1.165, 1.54) is 5.41 Å². The fourth-order valence-electron chi connectivity index (χ4n) is 3.22. The summed E-state index contributed by atoms with van der Waals surface area (Å²) in [6.45, 7) is 0. The number of rotatable bonds is 10. The number of hydrogen-bond donors (Lipinski definition) is 2. The lowest BCUT2D eigenvalue weighted by Gasteiger charge is -2.18. The molecule has 0 saturated heterocycles. The van der Waals surface area contributed by atoms with Crippen LogP contribution in [0.2, 0.25) is 0 Å². The Kier molecular flexibility index (Phi) is 8.06. The van der Waals surface area contributed by atoms with E-state index in [2.05, 4.69) is 10.8 Å². The summed E-state index contributed by atoms with van der Waals surface area (Å²) in [6, 6.07) is 9.32. The summed E-state index contributed by atoms with van der Waals surface area (Å²) < 4.78 is 27.4. The van der Waals surface area contributed by atoms with Gasteiger partial charge in [-0.25, -0.2) is 13.1 Å². The predicted molar refractivity (Wildman–Crippen MR) is 104 cm³/mol. The van der Waals surface area contributed by atoms with Crippen molar-refractivity contribution in [2.24, 2.45) is 5.92 Å².